The molecule has 1 fully saturated rings. The fraction of sp³-hybridized carbons (Fsp3) is 0.278. The van der Waals surface area contributed by atoms with Crippen LogP contribution in [0.5, 0.6) is 0 Å². The Labute approximate surface area is 146 Å². The molecule has 1 saturated carbocycles. The van der Waals surface area contributed by atoms with Crippen molar-refractivity contribution in [2.75, 3.05) is 0 Å². The van der Waals surface area contributed by atoms with Crippen LogP contribution < -0.4 is 4.72 Å². The number of hydrogen-bond donors (Lipinski definition) is 1. The topological polar surface area (TPSA) is 63.2 Å². The van der Waals surface area contributed by atoms with Crippen LogP contribution in [0, 0.1) is 5.92 Å². The summed E-state index contributed by atoms with van der Waals surface area (Å²) >= 11 is 5.92. The molecule has 24 heavy (non-hydrogen) atoms. The van der Waals surface area contributed by atoms with Gasteiger partial charge in [-0.3, -0.25) is 4.79 Å². The Balaban J connectivity index is 1.90. The third-order valence-corrected chi connectivity index (χ3v) is 5.85. The summed E-state index contributed by atoms with van der Waals surface area (Å²) in [6.07, 6.45) is 1.98. The first-order valence-electron chi connectivity index (χ1n) is 7.75. The largest absolute Gasteiger partial charge is 0.295 e. The van der Waals surface area contributed by atoms with E-state index in [0.29, 0.717) is 10.6 Å². The fourth-order valence-electron chi connectivity index (χ4n) is 2.65. The van der Waals surface area contributed by atoms with Crippen molar-refractivity contribution in [3.63, 3.8) is 0 Å². The van der Waals surface area contributed by atoms with Gasteiger partial charge in [-0.05, 0) is 55.5 Å². The molecule has 2 aromatic rings. The average Bonchev–Trinajstić information content (AvgIpc) is 3.38. The van der Waals surface area contributed by atoms with E-state index >= 15 is 0 Å². The summed E-state index contributed by atoms with van der Waals surface area (Å²) in [7, 11) is -3.71. The second-order valence-corrected chi connectivity index (χ2v) is 8.22. The lowest BCUT2D eigenvalue weighted by atomic mass is 10.0. The van der Waals surface area contributed by atoms with Gasteiger partial charge in [0, 0.05) is 16.6 Å². The van der Waals surface area contributed by atoms with Crippen LogP contribution in [0.1, 0.15) is 41.7 Å². The zero-order valence-corrected chi connectivity index (χ0v) is 14.8. The van der Waals surface area contributed by atoms with E-state index in [4.69, 9.17) is 11.6 Å². The minimum atomic E-state index is -3.71. The van der Waals surface area contributed by atoms with E-state index < -0.39 is 10.0 Å². The second-order valence-electron chi connectivity index (χ2n) is 6.07. The third kappa shape index (κ3) is 3.86. The zero-order chi connectivity index (χ0) is 17.3. The first-order chi connectivity index (χ1) is 11.4. The molecule has 2 aromatic carbocycles. The quantitative estimate of drug-likeness (QED) is 0.790. The van der Waals surface area contributed by atoms with Crippen molar-refractivity contribution in [3.05, 3.63) is 64.7 Å². The van der Waals surface area contributed by atoms with E-state index in [1.54, 1.807) is 24.3 Å². The summed E-state index contributed by atoms with van der Waals surface area (Å²) < 4.78 is 28.3. The van der Waals surface area contributed by atoms with Gasteiger partial charge in [0.1, 0.15) is 0 Å². The maximum Gasteiger partial charge on any atom is 0.241 e. The molecule has 6 heteroatoms. The number of carbonyl (C=O) groups excluding carboxylic acids is 1. The SMILES string of the molecule is CC(=O)c1cccc(S(=O)(=O)N[C@@H](c2ccc(Cl)cc2)C2CC2)c1. The van der Waals surface area contributed by atoms with Crippen LogP contribution in [0.15, 0.2) is 53.4 Å². The number of nitrogens with one attached hydrogen (secondary N) is 1. The molecule has 1 aliphatic rings. The van der Waals surface area contributed by atoms with Gasteiger partial charge in [0.25, 0.3) is 0 Å². The predicted molar refractivity (Wildman–Crippen MR) is 93.7 cm³/mol. The van der Waals surface area contributed by atoms with Crippen LogP contribution in [0.3, 0.4) is 0 Å². The van der Waals surface area contributed by atoms with Gasteiger partial charge in [-0.1, -0.05) is 35.9 Å². The van der Waals surface area contributed by atoms with Crippen LogP contribution in [0.4, 0.5) is 0 Å². The Bertz CT molecular complexity index is 858. The molecule has 1 aliphatic carbocycles. The van der Waals surface area contributed by atoms with Crippen LogP contribution >= 0.6 is 11.6 Å². The molecule has 0 spiro atoms. The summed E-state index contributed by atoms with van der Waals surface area (Å²) in [4.78, 5) is 11.6. The summed E-state index contributed by atoms with van der Waals surface area (Å²) in [5.41, 5.74) is 1.28. The highest BCUT2D eigenvalue weighted by Crippen LogP contribution is 2.42. The Kier molecular flexibility index (Phi) is 4.76. The molecule has 1 N–H and O–H groups in total. The van der Waals surface area contributed by atoms with Crippen molar-refractivity contribution < 1.29 is 13.2 Å². The number of Topliss-reactive ketones (excluding diaryl/α,β-unsaturated/α-hetero) is 1. The lowest BCUT2D eigenvalue weighted by Gasteiger charge is -2.19. The molecule has 0 unspecified atom stereocenters. The van der Waals surface area contributed by atoms with E-state index in [1.807, 2.05) is 12.1 Å². The van der Waals surface area contributed by atoms with E-state index in [0.717, 1.165) is 18.4 Å². The first kappa shape index (κ1) is 17.1. The number of benzene rings is 2. The number of ketones is 1. The number of halogens is 1. The van der Waals surface area contributed by atoms with Gasteiger partial charge in [-0.15, -0.1) is 0 Å². The Morgan fingerprint density at radius 2 is 1.83 bits per heavy atom. The van der Waals surface area contributed by atoms with E-state index in [1.165, 1.54) is 19.1 Å². The maximum atomic E-state index is 12.7. The highest BCUT2D eigenvalue weighted by Gasteiger charge is 2.35. The Morgan fingerprint density at radius 1 is 1.17 bits per heavy atom. The number of sulfonamides is 1. The molecule has 0 aliphatic heterocycles. The van der Waals surface area contributed by atoms with Gasteiger partial charge < -0.3 is 0 Å². The molecule has 3 rings (SSSR count). The summed E-state index contributed by atoms with van der Waals surface area (Å²) in [5.74, 6) is 0.125. The second kappa shape index (κ2) is 6.67. The van der Waals surface area contributed by atoms with Gasteiger partial charge in [0.2, 0.25) is 10.0 Å². The Hall–Kier alpha value is -1.69. The molecule has 0 radical (unpaired) electrons. The Morgan fingerprint density at radius 3 is 2.42 bits per heavy atom. The first-order valence-corrected chi connectivity index (χ1v) is 9.62. The molecule has 0 bridgehead atoms. The van der Waals surface area contributed by atoms with Gasteiger partial charge in [-0.25, -0.2) is 13.1 Å². The van der Waals surface area contributed by atoms with Crippen molar-refractivity contribution in [1.82, 2.24) is 4.72 Å². The molecule has 0 heterocycles. The molecular weight excluding hydrogens is 346 g/mol. The smallest absolute Gasteiger partial charge is 0.241 e. The van der Waals surface area contributed by atoms with Crippen LogP contribution in [0.2, 0.25) is 5.02 Å². The molecule has 0 amide bonds. The van der Waals surface area contributed by atoms with Crippen LogP contribution in [-0.2, 0) is 10.0 Å². The lowest BCUT2D eigenvalue weighted by Crippen LogP contribution is -2.30. The maximum absolute atomic E-state index is 12.7. The van der Waals surface area contributed by atoms with Crippen molar-refractivity contribution in [2.24, 2.45) is 5.92 Å². The zero-order valence-electron chi connectivity index (χ0n) is 13.2. The fourth-order valence-corrected chi connectivity index (χ4v) is 4.12. The van der Waals surface area contributed by atoms with Crippen molar-refractivity contribution >= 4 is 27.4 Å². The highest BCUT2D eigenvalue weighted by atomic mass is 35.5. The number of hydrogen-bond acceptors (Lipinski definition) is 3. The summed E-state index contributed by atoms with van der Waals surface area (Å²) in [5, 5.41) is 0.616. The van der Waals surface area contributed by atoms with E-state index in [2.05, 4.69) is 4.72 Å². The lowest BCUT2D eigenvalue weighted by molar-refractivity contribution is 0.101. The van der Waals surface area contributed by atoms with Crippen molar-refractivity contribution in [3.8, 4) is 0 Å². The molecule has 1 atom stereocenters. The summed E-state index contributed by atoms with van der Waals surface area (Å²) in [6, 6.07) is 13.0. The van der Waals surface area contributed by atoms with Crippen LogP contribution in [0.25, 0.3) is 0 Å². The minimum Gasteiger partial charge on any atom is -0.295 e. The van der Waals surface area contributed by atoms with E-state index in [-0.39, 0.29) is 22.6 Å². The number of rotatable bonds is 6. The predicted octanol–water partition coefficient (Wildman–Crippen LogP) is 3.97. The highest BCUT2D eigenvalue weighted by molar-refractivity contribution is 7.89. The molecule has 4 nitrogen and oxygen atoms in total. The standard InChI is InChI=1S/C18H18ClNO3S/c1-12(21)15-3-2-4-17(11-15)24(22,23)20-18(13-5-6-13)14-7-9-16(19)10-8-14/h2-4,7-11,13,18,20H,5-6H2,1H3/t18-/m1/s1. The van der Waals surface area contributed by atoms with Gasteiger partial charge in [-0.2, -0.15) is 0 Å². The molecule has 0 aromatic heterocycles. The molecule has 126 valence electrons. The molecule has 0 saturated heterocycles. The van der Waals surface area contributed by atoms with Crippen molar-refractivity contribution in [2.45, 2.75) is 30.7 Å². The minimum absolute atomic E-state index is 0.106. The third-order valence-electron chi connectivity index (χ3n) is 4.16. The van der Waals surface area contributed by atoms with Gasteiger partial charge >= 0.3 is 0 Å². The molecular formula is C18H18ClNO3S. The van der Waals surface area contributed by atoms with E-state index in [9.17, 15) is 13.2 Å². The number of carbonyl (C=O) groups is 1. The average molecular weight is 364 g/mol. The van der Waals surface area contributed by atoms with Crippen molar-refractivity contribution in [1.29, 1.82) is 0 Å². The normalized spacial score (nSPS) is 15.9. The van der Waals surface area contributed by atoms with Gasteiger partial charge in [0.05, 0.1) is 4.90 Å². The monoisotopic (exact) mass is 363 g/mol. The van der Waals surface area contributed by atoms with Gasteiger partial charge in [0.15, 0.2) is 5.78 Å². The van der Waals surface area contributed by atoms with Crippen LogP contribution in [-0.4, -0.2) is 14.2 Å². The summed E-state index contributed by atoms with van der Waals surface area (Å²) in [6.45, 7) is 1.42.